The van der Waals surface area contributed by atoms with Crippen molar-refractivity contribution in [2.75, 3.05) is 0 Å². The van der Waals surface area contributed by atoms with Gasteiger partial charge in [0, 0.05) is 0 Å². The fourth-order valence-corrected chi connectivity index (χ4v) is 1.08. The third-order valence-corrected chi connectivity index (χ3v) is 2.37. The standard InChI is InChI=1S/C13H16O6/c1-4-10(3)16-13(15)18-19-17-12(14)11-7-5-9(2)6-8-11/h5-8,10H,4H2,1-3H3. The molecule has 0 fully saturated rings. The first-order valence-electron chi connectivity index (χ1n) is 5.85. The molecule has 0 N–H and O–H groups in total. The third-order valence-electron chi connectivity index (χ3n) is 2.37. The van der Waals surface area contributed by atoms with E-state index in [1.54, 1.807) is 31.2 Å². The molecular weight excluding hydrogens is 252 g/mol. The van der Waals surface area contributed by atoms with Crippen molar-refractivity contribution < 1.29 is 29.1 Å². The Kier molecular flexibility index (Phi) is 5.81. The van der Waals surface area contributed by atoms with Crippen molar-refractivity contribution in [2.24, 2.45) is 0 Å². The van der Waals surface area contributed by atoms with Gasteiger partial charge in [0.25, 0.3) is 0 Å². The molecule has 6 heteroatoms. The van der Waals surface area contributed by atoms with Crippen LogP contribution in [0.4, 0.5) is 4.79 Å². The molecule has 0 saturated carbocycles. The maximum Gasteiger partial charge on any atom is 0.543 e. The van der Waals surface area contributed by atoms with Crippen LogP contribution >= 0.6 is 0 Å². The van der Waals surface area contributed by atoms with E-state index >= 15 is 0 Å². The van der Waals surface area contributed by atoms with Crippen molar-refractivity contribution in [3.63, 3.8) is 0 Å². The summed E-state index contributed by atoms with van der Waals surface area (Å²) in [6, 6.07) is 6.63. The van der Waals surface area contributed by atoms with Crippen LogP contribution in [0.1, 0.15) is 36.2 Å². The molecule has 1 unspecified atom stereocenters. The molecule has 0 radical (unpaired) electrons. The smallest absolute Gasteiger partial charge is 0.429 e. The summed E-state index contributed by atoms with van der Waals surface area (Å²) in [5, 5.41) is 4.06. The first-order chi connectivity index (χ1) is 9.02. The SMILES string of the molecule is CCC(C)OC(=O)OOOC(=O)c1ccc(C)cc1. The number of hydrogen-bond acceptors (Lipinski definition) is 6. The summed E-state index contributed by atoms with van der Waals surface area (Å²) < 4.78 is 4.73. The number of benzene rings is 1. The van der Waals surface area contributed by atoms with Crippen LogP contribution in [-0.2, 0) is 19.6 Å². The maximum absolute atomic E-state index is 11.4. The van der Waals surface area contributed by atoms with Crippen molar-refractivity contribution in [2.45, 2.75) is 33.3 Å². The lowest BCUT2D eigenvalue weighted by atomic mass is 10.2. The summed E-state index contributed by atoms with van der Waals surface area (Å²) in [5.74, 6) is -0.767. The van der Waals surface area contributed by atoms with Crippen molar-refractivity contribution in [1.29, 1.82) is 0 Å². The van der Waals surface area contributed by atoms with Crippen molar-refractivity contribution in [1.82, 2.24) is 0 Å². The van der Waals surface area contributed by atoms with Crippen LogP contribution in [-0.4, -0.2) is 18.2 Å². The van der Waals surface area contributed by atoms with Gasteiger partial charge in [-0.25, -0.2) is 14.5 Å². The Morgan fingerprint density at radius 3 is 2.37 bits per heavy atom. The second-order valence-corrected chi connectivity index (χ2v) is 3.97. The molecule has 0 heterocycles. The van der Waals surface area contributed by atoms with Crippen LogP contribution < -0.4 is 0 Å². The van der Waals surface area contributed by atoms with E-state index in [9.17, 15) is 9.59 Å². The van der Waals surface area contributed by atoms with Gasteiger partial charge in [0.15, 0.2) is 0 Å². The number of ether oxygens (including phenoxy) is 1. The van der Waals surface area contributed by atoms with E-state index in [0.29, 0.717) is 6.42 Å². The van der Waals surface area contributed by atoms with Gasteiger partial charge in [-0.2, -0.15) is 0 Å². The molecule has 0 aliphatic heterocycles. The molecule has 104 valence electrons. The van der Waals surface area contributed by atoms with Crippen LogP contribution in [0.25, 0.3) is 0 Å². The van der Waals surface area contributed by atoms with Gasteiger partial charge in [-0.3, -0.25) is 4.89 Å². The predicted molar refractivity (Wildman–Crippen MR) is 65.0 cm³/mol. The number of carbonyl (C=O) groups is 2. The summed E-state index contributed by atoms with van der Waals surface area (Å²) >= 11 is 0. The van der Waals surface area contributed by atoms with Gasteiger partial charge in [-0.15, -0.1) is 0 Å². The van der Waals surface area contributed by atoms with Gasteiger partial charge >= 0.3 is 12.1 Å². The highest BCUT2D eigenvalue weighted by molar-refractivity contribution is 5.88. The molecule has 1 atom stereocenters. The molecule has 1 rings (SSSR count). The van der Waals surface area contributed by atoms with E-state index in [1.165, 1.54) is 0 Å². The summed E-state index contributed by atoms with van der Waals surface area (Å²) in [5.41, 5.74) is 1.29. The van der Waals surface area contributed by atoms with E-state index < -0.39 is 12.1 Å². The monoisotopic (exact) mass is 268 g/mol. The van der Waals surface area contributed by atoms with Crippen molar-refractivity contribution in [3.8, 4) is 0 Å². The van der Waals surface area contributed by atoms with Crippen LogP contribution in [0.5, 0.6) is 0 Å². The number of hydrogen-bond donors (Lipinski definition) is 0. The van der Waals surface area contributed by atoms with Gasteiger partial charge in [0.05, 0.1) is 10.6 Å². The van der Waals surface area contributed by atoms with E-state index in [0.717, 1.165) is 5.56 Å². The van der Waals surface area contributed by atoms with Crippen LogP contribution in [0.2, 0.25) is 0 Å². The highest BCUT2D eigenvalue weighted by atomic mass is 17.5. The summed E-state index contributed by atoms with van der Waals surface area (Å²) in [6.45, 7) is 5.43. The fraction of sp³-hybridized carbons (Fsp3) is 0.385. The van der Waals surface area contributed by atoms with Crippen LogP contribution in [0, 0.1) is 6.92 Å². The average molecular weight is 268 g/mol. The Morgan fingerprint density at radius 2 is 1.79 bits per heavy atom. The summed E-state index contributed by atoms with van der Waals surface area (Å²) in [7, 11) is 0. The highest BCUT2D eigenvalue weighted by Crippen LogP contribution is 2.05. The molecule has 0 aliphatic rings. The highest BCUT2D eigenvalue weighted by Gasteiger charge is 2.13. The largest absolute Gasteiger partial charge is 0.543 e. The zero-order valence-corrected chi connectivity index (χ0v) is 11.0. The number of rotatable bonds is 5. The minimum Gasteiger partial charge on any atom is -0.429 e. The van der Waals surface area contributed by atoms with Gasteiger partial charge in [-0.1, -0.05) is 24.6 Å². The lowest BCUT2D eigenvalue weighted by molar-refractivity contribution is -0.452. The minimum absolute atomic E-state index is 0.282. The first kappa shape index (κ1) is 15.0. The predicted octanol–water partition coefficient (Wildman–Crippen LogP) is 2.95. The fourth-order valence-electron chi connectivity index (χ4n) is 1.08. The number of carbonyl (C=O) groups excluding carboxylic acids is 2. The lowest BCUT2D eigenvalue weighted by Gasteiger charge is -2.08. The normalized spacial score (nSPS) is 11.5. The zero-order valence-electron chi connectivity index (χ0n) is 11.0. The topological polar surface area (TPSA) is 71.1 Å². The number of aryl methyl sites for hydroxylation is 1. The molecule has 0 bridgehead atoms. The third kappa shape index (κ3) is 5.39. The molecule has 0 amide bonds. The molecule has 0 aliphatic carbocycles. The zero-order chi connectivity index (χ0) is 14.3. The van der Waals surface area contributed by atoms with Gasteiger partial charge in [0.1, 0.15) is 6.10 Å². The van der Waals surface area contributed by atoms with E-state index in [2.05, 4.69) is 14.8 Å². The Balaban J connectivity index is 2.31. The second-order valence-electron chi connectivity index (χ2n) is 3.97. The van der Waals surface area contributed by atoms with Crippen molar-refractivity contribution in [3.05, 3.63) is 35.4 Å². The van der Waals surface area contributed by atoms with Crippen molar-refractivity contribution >= 4 is 12.1 Å². The Hall–Kier alpha value is -2.08. The van der Waals surface area contributed by atoms with Crippen LogP contribution in [0.15, 0.2) is 24.3 Å². The Bertz CT molecular complexity index is 425. The van der Waals surface area contributed by atoms with E-state index in [-0.39, 0.29) is 11.7 Å². The molecule has 0 spiro atoms. The lowest BCUT2D eigenvalue weighted by Crippen LogP contribution is -2.16. The maximum atomic E-state index is 11.4. The van der Waals surface area contributed by atoms with E-state index in [4.69, 9.17) is 4.74 Å². The second kappa shape index (κ2) is 7.38. The van der Waals surface area contributed by atoms with Crippen LogP contribution in [0.3, 0.4) is 0 Å². The summed E-state index contributed by atoms with van der Waals surface area (Å²) in [6.07, 6.45) is -0.729. The average Bonchev–Trinajstić information content (AvgIpc) is 2.39. The molecule has 0 saturated heterocycles. The minimum atomic E-state index is -1.06. The summed E-state index contributed by atoms with van der Waals surface area (Å²) in [4.78, 5) is 30.9. The van der Waals surface area contributed by atoms with Gasteiger partial charge in [0.2, 0.25) is 0 Å². The van der Waals surface area contributed by atoms with Gasteiger partial charge in [-0.05, 0) is 32.4 Å². The molecule has 0 aromatic heterocycles. The Labute approximate surface area is 111 Å². The Morgan fingerprint density at radius 1 is 1.16 bits per heavy atom. The molecule has 19 heavy (non-hydrogen) atoms. The molecule has 6 nitrogen and oxygen atoms in total. The first-order valence-corrected chi connectivity index (χ1v) is 5.85. The molecule has 1 aromatic carbocycles. The quantitative estimate of drug-likeness (QED) is 0.464. The van der Waals surface area contributed by atoms with Gasteiger partial charge < -0.3 is 4.74 Å². The molecular formula is C13H16O6. The molecule has 1 aromatic rings. The van der Waals surface area contributed by atoms with E-state index in [1.807, 2.05) is 13.8 Å².